The molecule has 1 fully saturated rings. The van der Waals surface area contributed by atoms with E-state index in [-0.39, 0.29) is 49.0 Å². The van der Waals surface area contributed by atoms with Gasteiger partial charge in [-0.15, -0.1) is 0 Å². The molecule has 2 aliphatic heterocycles. The first-order valence-corrected chi connectivity index (χ1v) is 12.9. The van der Waals surface area contributed by atoms with Gasteiger partial charge in [0.2, 0.25) is 11.8 Å². The molecule has 36 heavy (non-hydrogen) atoms. The van der Waals surface area contributed by atoms with Crippen molar-refractivity contribution in [2.24, 2.45) is 5.92 Å². The average Bonchev–Trinajstić information content (AvgIpc) is 2.89. The minimum Gasteiger partial charge on any atom is -0.472 e. The number of aliphatic hydroxyl groups excluding tert-OH is 1. The van der Waals surface area contributed by atoms with Gasteiger partial charge in [-0.3, -0.25) is 9.59 Å². The van der Waals surface area contributed by atoms with Gasteiger partial charge in [0.15, 0.2) is 0 Å². The smallest absolute Gasteiger partial charge is 0.259 e. The zero-order chi connectivity index (χ0) is 26.1. The van der Waals surface area contributed by atoms with Crippen molar-refractivity contribution in [3.8, 4) is 17.7 Å². The highest BCUT2D eigenvalue weighted by Crippen LogP contribution is 2.27. The standard InChI is InChI=1S/C27H40N4O5/c1-20-17-31(21(2)19-32)27(34)23-15-22(9-8-14-35-4)16-28-26(23)36-24(20)18-29(3)25(33)10-13-30-11-6-5-7-12-30/h15-16,20-21,24,32H,5-7,10-14,17-19H2,1-4H3/t20-,21+,24-/m1/s1. The Morgan fingerprint density at radius 2 is 2.11 bits per heavy atom. The molecule has 0 aromatic carbocycles. The Hall–Kier alpha value is -2.67. The van der Waals surface area contributed by atoms with Crippen LogP contribution in [0.3, 0.4) is 0 Å². The fourth-order valence-electron chi connectivity index (χ4n) is 4.60. The molecule has 0 spiro atoms. The van der Waals surface area contributed by atoms with Crippen LogP contribution in [0.25, 0.3) is 0 Å². The van der Waals surface area contributed by atoms with E-state index >= 15 is 0 Å². The second-order valence-corrected chi connectivity index (χ2v) is 9.86. The van der Waals surface area contributed by atoms with Crippen LogP contribution < -0.4 is 4.74 Å². The van der Waals surface area contributed by atoms with Crippen molar-refractivity contribution in [1.29, 1.82) is 0 Å². The molecule has 0 unspecified atom stereocenters. The van der Waals surface area contributed by atoms with E-state index < -0.39 is 0 Å². The summed E-state index contributed by atoms with van der Waals surface area (Å²) in [6.45, 7) is 7.59. The number of fused-ring (bicyclic) bond motifs is 1. The number of rotatable bonds is 8. The molecular weight excluding hydrogens is 460 g/mol. The van der Waals surface area contributed by atoms with Crippen LogP contribution in [0, 0.1) is 17.8 Å². The van der Waals surface area contributed by atoms with Crippen LogP contribution in [0.2, 0.25) is 0 Å². The summed E-state index contributed by atoms with van der Waals surface area (Å²) in [4.78, 5) is 36.5. The number of methoxy groups -OCH3 is 1. The monoisotopic (exact) mass is 500 g/mol. The number of amides is 2. The summed E-state index contributed by atoms with van der Waals surface area (Å²) in [6.07, 6.45) is 5.35. The Balaban J connectivity index is 1.78. The van der Waals surface area contributed by atoms with Crippen molar-refractivity contribution in [2.45, 2.75) is 51.7 Å². The average molecular weight is 501 g/mol. The molecule has 0 aliphatic carbocycles. The second-order valence-electron chi connectivity index (χ2n) is 9.86. The van der Waals surface area contributed by atoms with Gasteiger partial charge in [-0.05, 0) is 38.9 Å². The molecule has 1 saturated heterocycles. The van der Waals surface area contributed by atoms with Gasteiger partial charge < -0.3 is 29.3 Å². The number of hydrogen-bond acceptors (Lipinski definition) is 7. The maximum atomic E-state index is 13.4. The predicted molar refractivity (Wildman–Crippen MR) is 137 cm³/mol. The molecule has 3 atom stereocenters. The largest absolute Gasteiger partial charge is 0.472 e. The summed E-state index contributed by atoms with van der Waals surface area (Å²) in [5, 5.41) is 9.82. The molecule has 1 aromatic rings. The summed E-state index contributed by atoms with van der Waals surface area (Å²) >= 11 is 0. The molecule has 9 heteroatoms. The molecule has 0 saturated carbocycles. The molecule has 3 rings (SSSR count). The first-order valence-electron chi connectivity index (χ1n) is 12.9. The number of ether oxygens (including phenoxy) is 2. The number of aromatic nitrogens is 1. The second kappa shape index (κ2) is 13.6. The van der Waals surface area contributed by atoms with Gasteiger partial charge in [-0.25, -0.2) is 4.98 Å². The van der Waals surface area contributed by atoms with Gasteiger partial charge in [-0.2, -0.15) is 0 Å². The van der Waals surface area contributed by atoms with Crippen molar-refractivity contribution >= 4 is 11.8 Å². The van der Waals surface area contributed by atoms with Gasteiger partial charge >= 0.3 is 0 Å². The van der Waals surface area contributed by atoms with Gasteiger partial charge in [0.1, 0.15) is 18.3 Å². The number of pyridine rings is 1. The van der Waals surface area contributed by atoms with Gasteiger partial charge in [0, 0.05) is 51.3 Å². The third-order valence-corrected chi connectivity index (χ3v) is 6.94. The van der Waals surface area contributed by atoms with Crippen molar-refractivity contribution in [2.75, 3.05) is 60.1 Å². The normalized spacial score (nSPS) is 21.4. The number of nitrogens with zero attached hydrogens (tertiary/aromatic N) is 4. The molecule has 0 bridgehead atoms. The molecule has 198 valence electrons. The molecule has 0 radical (unpaired) electrons. The van der Waals surface area contributed by atoms with Crippen molar-refractivity contribution < 1.29 is 24.2 Å². The van der Waals surface area contributed by atoms with Crippen LogP contribution in [0.4, 0.5) is 0 Å². The lowest BCUT2D eigenvalue weighted by atomic mass is 9.99. The number of aliphatic hydroxyl groups is 1. The first-order chi connectivity index (χ1) is 17.3. The van der Waals surface area contributed by atoms with Gasteiger partial charge in [0.25, 0.3) is 5.91 Å². The highest BCUT2D eigenvalue weighted by molar-refractivity contribution is 5.97. The van der Waals surface area contributed by atoms with Crippen LogP contribution in [0.15, 0.2) is 12.3 Å². The Morgan fingerprint density at radius 3 is 2.81 bits per heavy atom. The molecule has 2 aliphatic rings. The molecule has 2 amide bonds. The van der Waals surface area contributed by atoms with Crippen LogP contribution in [-0.2, 0) is 9.53 Å². The summed E-state index contributed by atoms with van der Waals surface area (Å²) in [5.41, 5.74) is 0.880. The summed E-state index contributed by atoms with van der Waals surface area (Å²) in [6, 6.07) is 1.30. The van der Waals surface area contributed by atoms with Crippen LogP contribution in [0.1, 0.15) is 55.5 Å². The van der Waals surface area contributed by atoms with E-state index in [1.165, 1.54) is 19.3 Å². The Labute approximate surface area is 214 Å². The van der Waals surface area contributed by atoms with Crippen LogP contribution in [-0.4, -0.2) is 109 Å². The van der Waals surface area contributed by atoms with Crippen LogP contribution >= 0.6 is 0 Å². The third kappa shape index (κ3) is 7.42. The number of likely N-dealkylation sites (tertiary alicyclic amines) is 1. The summed E-state index contributed by atoms with van der Waals surface area (Å²) < 4.78 is 11.3. The summed E-state index contributed by atoms with van der Waals surface area (Å²) in [5.74, 6) is 5.77. The topological polar surface area (TPSA) is 95.4 Å². The van der Waals surface area contributed by atoms with E-state index in [9.17, 15) is 14.7 Å². The van der Waals surface area contributed by atoms with Crippen molar-refractivity contribution in [3.05, 3.63) is 23.4 Å². The number of carbonyl (C=O) groups excluding carboxylic acids is 2. The number of carbonyl (C=O) groups is 2. The highest BCUT2D eigenvalue weighted by atomic mass is 16.5. The third-order valence-electron chi connectivity index (χ3n) is 6.94. The molecule has 1 N–H and O–H groups in total. The van der Waals surface area contributed by atoms with Crippen LogP contribution in [0.5, 0.6) is 5.88 Å². The van der Waals surface area contributed by atoms with E-state index in [2.05, 4.69) is 21.7 Å². The highest BCUT2D eigenvalue weighted by Gasteiger charge is 2.34. The summed E-state index contributed by atoms with van der Waals surface area (Å²) in [7, 11) is 3.37. The Kier molecular flexibility index (Phi) is 10.5. The first kappa shape index (κ1) is 27.9. The minimum absolute atomic E-state index is 0.0760. The van der Waals surface area contributed by atoms with E-state index in [0.717, 1.165) is 19.6 Å². The predicted octanol–water partition coefficient (Wildman–Crippen LogP) is 1.63. The number of likely N-dealkylation sites (N-methyl/N-ethyl adjacent to an activating group) is 1. The van der Waals surface area contributed by atoms with E-state index in [1.54, 1.807) is 36.2 Å². The fourth-order valence-corrected chi connectivity index (χ4v) is 4.60. The maximum absolute atomic E-state index is 13.4. The zero-order valence-corrected chi connectivity index (χ0v) is 22.0. The van der Waals surface area contributed by atoms with E-state index in [4.69, 9.17) is 9.47 Å². The lowest BCUT2D eigenvalue weighted by molar-refractivity contribution is -0.131. The Morgan fingerprint density at radius 1 is 1.36 bits per heavy atom. The Bertz CT molecular complexity index is 953. The maximum Gasteiger partial charge on any atom is 0.259 e. The van der Waals surface area contributed by atoms with E-state index in [0.29, 0.717) is 30.6 Å². The fraction of sp³-hybridized carbons (Fsp3) is 0.667. The van der Waals surface area contributed by atoms with Crippen molar-refractivity contribution in [3.63, 3.8) is 0 Å². The quantitative estimate of drug-likeness (QED) is 0.542. The molecule has 3 heterocycles. The lowest BCUT2D eigenvalue weighted by Gasteiger charge is -2.37. The number of hydrogen-bond donors (Lipinski definition) is 1. The SMILES string of the molecule is COCC#Cc1cnc2c(c1)C(=O)N([C@@H](C)CO)C[C@@H](C)[C@@H](CN(C)C(=O)CCN1CCCCC1)O2. The number of piperidine rings is 1. The van der Waals surface area contributed by atoms with Gasteiger partial charge in [-0.1, -0.05) is 25.2 Å². The lowest BCUT2D eigenvalue weighted by Crippen LogP contribution is -2.50. The molecular formula is C27H40N4O5. The van der Waals surface area contributed by atoms with Crippen molar-refractivity contribution in [1.82, 2.24) is 19.7 Å². The molecule has 1 aromatic heterocycles. The van der Waals surface area contributed by atoms with E-state index in [1.807, 2.05) is 13.8 Å². The van der Waals surface area contributed by atoms with Gasteiger partial charge in [0.05, 0.1) is 19.2 Å². The molecule has 9 nitrogen and oxygen atoms in total. The minimum atomic E-state index is -0.376. The zero-order valence-electron chi connectivity index (χ0n) is 22.0.